The average molecular weight is 272 g/mol. The van der Waals surface area contributed by atoms with Crippen LogP contribution in [0.5, 0.6) is 0 Å². The fourth-order valence-corrected chi connectivity index (χ4v) is 1.93. The van der Waals surface area contributed by atoms with E-state index in [9.17, 15) is 9.59 Å². The monoisotopic (exact) mass is 272 g/mol. The molecule has 0 bridgehead atoms. The molecule has 1 heterocycles. The van der Waals surface area contributed by atoms with Gasteiger partial charge < -0.3 is 9.84 Å². The molecule has 100 valence electrons. The number of nitrogens with zero attached hydrogens (tertiary/aromatic N) is 1. The zero-order valence-corrected chi connectivity index (χ0v) is 11.3. The lowest BCUT2D eigenvalue weighted by Gasteiger charge is -2.24. The molecule has 1 atom stereocenters. The third kappa shape index (κ3) is 3.51. The van der Waals surface area contributed by atoms with Gasteiger partial charge in [0.05, 0.1) is 12.1 Å². The van der Waals surface area contributed by atoms with Gasteiger partial charge in [-0.15, -0.1) is 11.3 Å². The van der Waals surface area contributed by atoms with Gasteiger partial charge in [0.15, 0.2) is 5.13 Å². The van der Waals surface area contributed by atoms with Gasteiger partial charge in [0.25, 0.3) is 5.91 Å². The van der Waals surface area contributed by atoms with Crippen molar-refractivity contribution in [2.45, 2.75) is 32.3 Å². The minimum absolute atomic E-state index is 0.151. The number of methoxy groups -OCH3 is 1. The fourth-order valence-electron chi connectivity index (χ4n) is 1.23. The highest BCUT2D eigenvalue weighted by Crippen LogP contribution is 2.20. The van der Waals surface area contributed by atoms with Crippen LogP contribution >= 0.6 is 11.3 Å². The maximum atomic E-state index is 11.9. The van der Waals surface area contributed by atoms with E-state index >= 15 is 0 Å². The van der Waals surface area contributed by atoms with Crippen LogP contribution in [0.15, 0.2) is 5.38 Å². The normalized spacial score (nSPS) is 13.9. The molecule has 6 nitrogen and oxygen atoms in total. The summed E-state index contributed by atoms with van der Waals surface area (Å²) < 4.78 is 5.16. The van der Waals surface area contributed by atoms with Crippen LogP contribution in [0.25, 0.3) is 0 Å². The Morgan fingerprint density at radius 1 is 1.61 bits per heavy atom. The topological polar surface area (TPSA) is 88.5 Å². The quantitative estimate of drug-likeness (QED) is 0.819. The lowest BCUT2D eigenvalue weighted by atomic mass is 10.0. The second kappa shape index (κ2) is 5.92. The molecular weight excluding hydrogens is 256 g/mol. The van der Waals surface area contributed by atoms with Crippen LogP contribution in [0.4, 0.5) is 5.13 Å². The summed E-state index contributed by atoms with van der Waals surface area (Å²) in [5.41, 5.74) is -0.475. The number of aromatic nitrogens is 1. The number of thiazole rings is 1. The number of carboxylic acids is 1. The SMILES string of the molecule is CCC(C)(OC)C(=O)Nc1nc(CC(=O)O)cs1. The molecule has 0 aliphatic rings. The number of carboxylic acid groups (broad SMARTS) is 1. The van der Waals surface area contributed by atoms with Crippen molar-refractivity contribution in [3.8, 4) is 0 Å². The number of carbonyl (C=O) groups excluding carboxylic acids is 1. The molecule has 0 saturated carbocycles. The van der Waals surface area contributed by atoms with Crippen molar-refractivity contribution in [1.29, 1.82) is 0 Å². The predicted octanol–water partition coefficient (Wildman–Crippen LogP) is 1.52. The Balaban J connectivity index is 2.70. The molecule has 0 radical (unpaired) electrons. The Bertz CT molecular complexity index is 440. The van der Waals surface area contributed by atoms with Crippen LogP contribution in [-0.4, -0.2) is 34.7 Å². The third-order valence-corrected chi connectivity index (χ3v) is 3.52. The molecule has 0 aromatic carbocycles. The van der Waals surface area contributed by atoms with Crippen LogP contribution in [0, 0.1) is 0 Å². The molecule has 18 heavy (non-hydrogen) atoms. The van der Waals surface area contributed by atoms with Gasteiger partial charge in [0.2, 0.25) is 0 Å². The first-order valence-electron chi connectivity index (χ1n) is 5.44. The van der Waals surface area contributed by atoms with Crippen molar-refractivity contribution in [3.63, 3.8) is 0 Å². The summed E-state index contributed by atoms with van der Waals surface area (Å²) in [5.74, 6) is -1.24. The summed E-state index contributed by atoms with van der Waals surface area (Å²) in [6, 6.07) is 0. The number of aliphatic carboxylic acids is 1. The van der Waals surface area contributed by atoms with E-state index in [4.69, 9.17) is 9.84 Å². The number of hydrogen-bond donors (Lipinski definition) is 2. The predicted molar refractivity (Wildman–Crippen MR) is 67.8 cm³/mol. The standard InChI is InChI=1S/C11H16N2O4S/c1-4-11(2,17-3)9(16)13-10-12-7(6-18-10)5-8(14)15/h6H,4-5H2,1-3H3,(H,14,15)(H,12,13,16). The van der Waals surface area contributed by atoms with Gasteiger partial charge in [-0.1, -0.05) is 6.92 Å². The van der Waals surface area contributed by atoms with E-state index in [2.05, 4.69) is 10.3 Å². The number of nitrogens with one attached hydrogen (secondary N) is 1. The number of rotatable bonds is 6. The average Bonchev–Trinajstić information content (AvgIpc) is 2.74. The maximum absolute atomic E-state index is 11.9. The van der Waals surface area contributed by atoms with Crippen LogP contribution in [-0.2, 0) is 20.7 Å². The first-order valence-corrected chi connectivity index (χ1v) is 6.32. The van der Waals surface area contributed by atoms with E-state index in [1.54, 1.807) is 12.3 Å². The van der Waals surface area contributed by atoms with Gasteiger partial charge in [0.1, 0.15) is 5.60 Å². The number of anilines is 1. The Morgan fingerprint density at radius 3 is 2.78 bits per heavy atom. The van der Waals surface area contributed by atoms with Crippen LogP contribution in [0.2, 0.25) is 0 Å². The highest BCUT2D eigenvalue weighted by Gasteiger charge is 2.31. The molecule has 1 aromatic rings. The van der Waals surface area contributed by atoms with E-state index in [0.29, 0.717) is 17.2 Å². The van der Waals surface area contributed by atoms with E-state index in [0.717, 1.165) is 0 Å². The molecule has 1 aromatic heterocycles. The third-order valence-electron chi connectivity index (χ3n) is 2.71. The van der Waals surface area contributed by atoms with Gasteiger partial charge in [-0.3, -0.25) is 14.9 Å². The highest BCUT2D eigenvalue weighted by molar-refractivity contribution is 7.13. The molecule has 1 amide bonds. The number of hydrogen-bond acceptors (Lipinski definition) is 5. The summed E-state index contributed by atoms with van der Waals surface area (Å²) in [6.07, 6.45) is 0.379. The Labute approximate surface area is 109 Å². The molecule has 0 aliphatic carbocycles. The summed E-state index contributed by atoms with van der Waals surface area (Å²) in [6.45, 7) is 3.54. The van der Waals surface area contributed by atoms with Crippen LogP contribution in [0.3, 0.4) is 0 Å². The van der Waals surface area contributed by atoms with Crippen LogP contribution in [0.1, 0.15) is 26.0 Å². The van der Waals surface area contributed by atoms with Gasteiger partial charge in [-0.05, 0) is 13.3 Å². The van der Waals surface area contributed by atoms with E-state index < -0.39 is 11.6 Å². The van der Waals surface area contributed by atoms with E-state index in [1.165, 1.54) is 18.4 Å². The molecule has 2 N–H and O–H groups in total. The largest absolute Gasteiger partial charge is 0.481 e. The lowest BCUT2D eigenvalue weighted by molar-refractivity contribution is -0.136. The van der Waals surface area contributed by atoms with Gasteiger partial charge >= 0.3 is 5.97 Å². The van der Waals surface area contributed by atoms with Gasteiger partial charge in [-0.25, -0.2) is 4.98 Å². The highest BCUT2D eigenvalue weighted by atomic mass is 32.1. The van der Waals surface area contributed by atoms with Crippen molar-refractivity contribution in [3.05, 3.63) is 11.1 Å². The summed E-state index contributed by atoms with van der Waals surface area (Å²) in [5, 5.41) is 13.2. The van der Waals surface area contributed by atoms with Crippen molar-refractivity contribution in [2.24, 2.45) is 0 Å². The molecule has 0 spiro atoms. The van der Waals surface area contributed by atoms with Crippen molar-refractivity contribution in [2.75, 3.05) is 12.4 Å². The zero-order chi connectivity index (χ0) is 13.8. The first-order chi connectivity index (χ1) is 8.41. The van der Waals surface area contributed by atoms with Crippen LogP contribution < -0.4 is 5.32 Å². The second-order valence-corrected chi connectivity index (χ2v) is 4.82. The second-order valence-electron chi connectivity index (χ2n) is 3.96. The summed E-state index contributed by atoms with van der Waals surface area (Å²) in [4.78, 5) is 26.5. The number of ether oxygens (including phenoxy) is 1. The van der Waals surface area contributed by atoms with E-state index in [-0.39, 0.29) is 12.3 Å². The first kappa shape index (κ1) is 14.6. The molecule has 0 saturated heterocycles. The molecule has 1 rings (SSSR count). The Morgan fingerprint density at radius 2 is 2.28 bits per heavy atom. The van der Waals surface area contributed by atoms with Gasteiger partial charge in [0, 0.05) is 12.5 Å². The van der Waals surface area contributed by atoms with Crippen molar-refractivity contribution >= 4 is 28.3 Å². The van der Waals surface area contributed by atoms with E-state index in [1.807, 2.05) is 6.92 Å². The molecule has 0 aliphatic heterocycles. The Kier molecular flexibility index (Phi) is 4.80. The van der Waals surface area contributed by atoms with Crippen molar-refractivity contribution in [1.82, 2.24) is 4.98 Å². The number of carbonyl (C=O) groups is 2. The fraction of sp³-hybridized carbons (Fsp3) is 0.545. The smallest absolute Gasteiger partial charge is 0.309 e. The molecule has 7 heteroatoms. The Hall–Kier alpha value is -1.47. The van der Waals surface area contributed by atoms with Crippen molar-refractivity contribution < 1.29 is 19.4 Å². The zero-order valence-electron chi connectivity index (χ0n) is 10.5. The molecular formula is C11H16N2O4S. The molecule has 0 fully saturated rings. The summed E-state index contributed by atoms with van der Waals surface area (Å²) >= 11 is 1.20. The lowest BCUT2D eigenvalue weighted by Crippen LogP contribution is -2.41. The summed E-state index contributed by atoms with van der Waals surface area (Å²) in [7, 11) is 1.47. The minimum atomic E-state index is -0.950. The minimum Gasteiger partial charge on any atom is -0.481 e. The van der Waals surface area contributed by atoms with Gasteiger partial charge in [-0.2, -0.15) is 0 Å². The number of amides is 1. The molecule has 1 unspecified atom stereocenters. The maximum Gasteiger partial charge on any atom is 0.309 e.